The molecule has 5 rings (SSSR count). The molecule has 2 N–H and O–H groups in total. The van der Waals surface area contributed by atoms with Crippen LogP contribution in [0, 0.1) is 21.3 Å². The number of carbonyl (C=O) groups excluding carboxylic acids is 2. The summed E-state index contributed by atoms with van der Waals surface area (Å²) < 4.78 is 12.1. The number of ether oxygens (including phenoxy) is 1. The second kappa shape index (κ2) is 11.4. The van der Waals surface area contributed by atoms with Crippen LogP contribution >= 0.6 is 22.6 Å². The highest BCUT2D eigenvalue weighted by Crippen LogP contribution is 2.51. The minimum Gasteiger partial charge on any atom is -0.504 e. The van der Waals surface area contributed by atoms with Gasteiger partial charge in [0.15, 0.2) is 11.5 Å². The van der Waals surface area contributed by atoms with E-state index in [-0.39, 0.29) is 35.5 Å². The van der Waals surface area contributed by atoms with Gasteiger partial charge in [-0.3, -0.25) is 19.5 Å². The molecule has 1 aromatic heterocycles. The van der Waals surface area contributed by atoms with Gasteiger partial charge in [0.05, 0.1) is 34.3 Å². The number of imide groups is 1. The molecule has 0 unspecified atom stereocenters. The molecule has 204 valence electrons. The number of aromatic hydroxyl groups is 1. The number of nitrogens with zero attached hydrogens (tertiary/aromatic N) is 2. The summed E-state index contributed by atoms with van der Waals surface area (Å²) in [5.74, 6) is -0.776. The zero-order valence-electron chi connectivity index (χ0n) is 22.3. The van der Waals surface area contributed by atoms with Crippen LogP contribution in [-0.4, -0.2) is 59.2 Å². The van der Waals surface area contributed by atoms with Crippen LogP contribution < -0.4 is 4.74 Å². The third-order valence-electron chi connectivity index (χ3n) is 8.24. The lowest BCUT2D eigenvalue weighted by molar-refractivity contribution is -0.138. The molecule has 2 saturated heterocycles. The number of pyridine rings is 1. The Morgan fingerprint density at radius 3 is 2.77 bits per heavy atom. The van der Waals surface area contributed by atoms with Gasteiger partial charge in [0.2, 0.25) is 11.8 Å². The molecular weight excluding hydrogens is 610 g/mol. The molecule has 0 saturated carbocycles. The van der Waals surface area contributed by atoms with Gasteiger partial charge in [0, 0.05) is 13.2 Å². The molecule has 2 fully saturated rings. The molecule has 39 heavy (non-hydrogen) atoms. The van der Waals surface area contributed by atoms with Crippen LogP contribution in [0.4, 0.5) is 0 Å². The van der Waals surface area contributed by atoms with Gasteiger partial charge in [0.25, 0.3) is 0 Å². The number of aromatic nitrogens is 1. The number of methoxy groups -OCH3 is 1. The summed E-state index contributed by atoms with van der Waals surface area (Å²) in [6.45, 7) is 2.08. The molecular formula is C29H32BIN2O6. The predicted molar refractivity (Wildman–Crippen MR) is 157 cm³/mol. The summed E-state index contributed by atoms with van der Waals surface area (Å²) in [5.41, 5.74) is 4.90. The summed E-state index contributed by atoms with van der Waals surface area (Å²) >= 11 is 2.08. The number of benzene rings is 1. The van der Waals surface area contributed by atoms with Crippen molar-refractivity contribution < 1.29 is 29.1 Å². The van der Waals surface area contributed by atoms with E-state index in [4.69, 9.17) is 9.39 Å². The van der Waals surface area contributed by atoms with Crippen LogP contribution in [0.1, 0.15) is 43.9 Å². The SMILES string of the molecule is CCC1=C2[C@@H](CC/C(=C/c3cc(I)c(O)c(OC)c3)c3ccccn3)OB(O)C[C@@H]2[C@@H]2C(=O)N(C)C(=O)[C@@H]2C1. The Hall–Kier alpha value is -2.70. The second-order valence-electron chi connectivity index (χ2n) is 10.4. The van der Waals surface area contributed by atoms with Gasteiger partial charge in [-0.1, -0.05) is 18.6 Å². The molecule has 1 aliphatic carbocycles. The number of likely N-dealkylation sites (tertiary alicyclic amines) is 1. The fourth-order valence-corrected chi connectivity index (χ4v) is 7.03. The minimum absolute atomic E-state index is 0.102. The van der Waals surface area contributed by atoms with Crippen LogP contribution in [0.15, 0.2) is 47.7 Å². The van der Waals surface area contributed by atoms with Gasteiger partial charge in [0.1, 0.15) is 0 Å². The van der Waals surface area contributed by atoms with Crippen molar-refractivity contribution >= 4 is 53.2 Å². The fourth-order valence-electron chi connectivity index (χ4n) is 6.41. The molecule has 0 bridgehead atoms. The maximum absolute atomic E-state index is 13.1. The standard InChI is InChI=1S/C29H32BIN2O6/c1-4-17-14-19-26(29(36)33(2)28(19)35)20-15-30(37)39-23(25(17)20)9-8-18(22-7-5-6-10-32-22)11-16-12-21(31)27(34)24(13-16)38-3/h5-7,10-13,19-20,23,26,34,37H,4,8-9,14-15H2,1-3H3/b18-11-/t19-,20+,23-,26-/m1/s1. The normalized spacial score (nSPS) is 25.2. The highest BCUT2D eigenvalue weighted by atomic mass is 127. The zero-order chi connectivity index (χ0) is 27.8. The Kier molecular flexibility index (Phi) is 8.16. The van der Waals surface area contributed by atoms with Crippen molar-refractivity contribution in [1.29, 1.82) is 0 Å². The van der Waals surface area contributed by atoms with E-state index in [0.717, 1.165) is 34.4 Å². The number of amides is 2. The van der Waals surface area contributed by atoms with Crippen molar-refractivity contribution in [2.75, 3.05) is 14.2 Å². The molecule has 4 atom stereocenters. The minimum atomic E-state index is -1.00. The molecule has 1 aromatic carbocycles. The number of carbonyl (C=O) groups is 2. The first-order valence-corrected chi connectivity index (χ1v) is 14.4. The molecule has 2 amide bonds. The summed E-state index contributed by atoms with van der Waals surface area (Å²) in [6.07, 6.45) is 6.24. The van der Waals surface area contributed by atoms with E-state index >= 15 is 0 Å². The third kappa shape index (κ3) is 5.26. The van der Waals surface area contributed by atoms with E-state index < -0.39 is 13.0 Å². The largest absolute Gasteiger partial charge is 0.504 e. The summed E-state index contributed by atoms with van der Waals surface area (Å²) in [7, 11) is 2.08. The van der Waals surface area contributed by atoms with E-state index in [2.05, 4.69) is 34.5 Å². The number of halogens is 1. The van der Waals surface area contributed by atoms with E-state index in [1.807, 2.05) is 30.3 Å². The molecule has 3 aliphatic rings. The fraction of sp³-hybridized carbons (Fsp3) is 0.414. The lowest BCUT2D eigenvalue weighted by Crippen LogP contribution is -2.46. The van der Waals surface area contributed by atoms with Crippen molar-refractivity contribution in [3.8, 4) is 11.5 Å². The molecule has 2 aromatic rings. The topological polar surface area (TPSA) is 109 Å². The maximum Gasteiger partial charge on any atom is 0.455 e. The number of allylic oxidation sites excluding steroid dienone is 2. The molecule has 0 radical (unpaired) electrons. The van der Waals surface area contributed by atoms with Crippen molar-refractivity contribution in [3.63, 3.8) is 0 Å². The van der Waals surface area contributed by atoms with Crippen LogP contribution in [0.5, 0.6) is 11.5 Å². The Morgan fingerprint density at radius 2 is 2.08 bits per heavy atom. The molecule has 10 heteroatoms. The highest BCUT2D eigenvalue weighted by Gasteiger charge is 2.56. The smallest absolute Gasteiger partial charge is 0.455 e. The van der Waals surface area contributed by atoms with Crippen molar-refractivity contribution in [3.05, 3.63) is 62.5 Å². The van der Waals surface area contributed by atoms with Gasteiger partial charge in [-0.2, -0.15) is 0 Å². The lowest BCUT2D eigenvalue weighted by atomic mass is 9.58. The second-order valence-corrected chi connectivity index (χ2v) is 11.5. The number of fused-ring (bicyclic) bond motifs is 3. The van der Waals surface area contributed by atoms with Crippen LogP contribution in [0.2, 0.25) is 6.32 Å². The Labute approximate surface area is 242 Å². The first kappa shape index (κ1) is 27.9. The Balaban J connectivity index is 1.48. The summed E-state index contributed by atoms with van der Waals surface area (Å²) in [5, 5.41) is 21.0. The number of rotatable bonds is 7. The van der Waals surface area contributed by atoms with Crippen molar-refractivity contribution in [2.24, 2.45) is 17.8 Å². The van der Waals surface area contributed by atoms with Gasteiger partial charge in [-0.05, 0) is 108 Å². The molecule has 0 spiro atoms. The van der Waals surface area contributed by atoms with E-state index in [1.165, 1.54) is 12.0 Å². The van der Waals surface area contributed by atoms with Gasteiger partial charge >= 0.3 is 7.12 Å². The van der Waals surface area contributed by atoms with Crippen LogP contribution in [-0.2, 0) is 14.2 Å². The van der Waals surface area contributed by atoms with E-state index in [9.17, 15) is 19.7 Å². The van der Waals surface area contributed by atoms with Crippen LogP contribution in [0.25, 0.3) is 11.6 Å². The third-order valence-corrected chi connectivity index (χ3v) is 9.06. The first-order valence-electron chi connectivity index (χ1n) is 13.3. The number of hydrogen-bond acceptors (Lipinski definition) is 7. The quantitative estimate of drug-likeness (QED) is 0.198. The molecule has 3 heterocycles. The highest BCUT2D eigenvalue weighted by molar-refractivity contribution is 14.1. The monoisotopic (exact) mass is 642 g/mol. The summed E-state index contributed by atoms with van der Waals surface area (Å²) in [6, 6.07) is 9.43. The molecule has 8 nitrogen and oxygen atoms in total. The van der Waals surface area contributed by atoms with Crippen molar-refractivity contribution in [1.82, 2.24) is 9.88 Å². The maximum atomic E-state index is 13.1. The Bertz CT molecular complexity index is 1350. The van der Waals surface area contributed by atoms with E-state index in [0.29, 0.717) is 34.9 Å². The predicted octanol–water partition coefficient (Wildman–Crippen LogP) is 4.56. The number of phenolic OH excluding ortho intramolecular Hbond substituents is 1. The Morgan fingerprint density at radius 1 is 1.28 bits per heavy atom. The summed E-state index contributed by atoms with van der Waals surface area (Å²) in [4.78, 5) is 31.8. The zero-order valence-corrected chi connectivity index (χ0v) is 24.4. The average molecular weight is 642 g/mol. The number of hydrogen-bond donors (Lipinski definition) is 2. The first-order chi connectivity index (χ1) is 18.7. The lowest BCUT2D eigenvalue weighted by Gasteiger charge is -2.43. The van der Waals surface area contributed by atoms with Gasteiger partial charge in [-0.15, -0.1) is 0 Å². The molecule has 2 aliphatic heterocycles. The average Bonchev–Trinajstić information content (AvgIpc) is 3.16. The number of phenols is 1. The van der Waals surface area contributed by atoms with Crippen LogP contribution in [0.3, 0.4) is 0 Å². The van der Waals surface area contributed by atoms with E-state index in [1.54, 1.807) is 19.3 Å². The van der Waals surface area contributed by atoms with Gasteiger partial charge in [-0.25, -0.2) is 0 Å². The van der Waals surface area contributed by atoms with Gasteiger partial charge < -0.3 is 19.5 Å². The van der Waals surface area contributed by atoms with Crippen molar-refractivity contribution in [2.45, 2.75) is 45.0 Å².